The molecule has 0 aliphatic carbocycles. The lowest BCUT2D eigenvalue weighted by atomic mass is 10.2. The normalized spacial score (nSPS) is 11.1. The molecular weight excluding hydrogens is 324 g/mol. The smallest absolute Gasteiger partial charge is 0.262 e. The summed E-state index contributed by atoms with van der Waals surface area (Å²) in [5.41, 5.74) is 0.441. The quantitative estimate of drug-likeness (QED) is 0.565. The summed E-state index contributed by atoms with van der Waals surface area (Å²) in [4.78, 5) is 29.9. The minimum Gasteiger partial charge on any atom is -0.354 e. The van der Waals surface area contributed by atoms with Gasteiger partial charge in [0.05, 0.1) is 10.9 Å². The fourth-order valence-electron chi connectivity index (χ4n) is 2.61. The molecule has 7 heteroatoms. The van der Waals surface area contributed by atoms with Crippen molar-refractivity contribution >= 4 is 29.0 Å². The van der Waals surface area contributed by atoms with Crippen LogP contribution in [0.25, 0.3) is 10.9 Å². The number of H-pyrrole nitrogens is 1. The second-order valence-electron chi connectivity index (χ2n) is 5.60. The second kappa shape index (κ2) is 8.75. The average Bonchev–Trinajstić information content (AvgIpc) is 2.59. The molecule has 1 aromatic heterocycles. The first-order chi connectivity index (χ1) is 11.6. The molecule has 1 aromatic carbocycles. The Labute approximate surface area is 146 Å². The number of hydrogen-bond acceptors (Lipinski definition) is 4. The van der Waals surface area contributed by atoms with Crippen molar-refractivity contribution in [1.82, 2.24) is 19.8 Å². The van der Waals surface area contributed by atoms with Crippen molar-refractivity contribution in [3.8, 4) is 0 Å². The summed E-state index contributed by atoms with van der Waals surface area (Å²) < 4.78 is 1.56. The zero-order valence-electron chi connectivity index (χ0n) is 14.2. The molecule has 24 heavy (non-hydrogen) atoms. The lowest BCUT2D eigenvalue weighted by Crippen LogP contribution is -2.35. The summed E-state index contributed by atoms with van der Waals surface area (Å²) >= 11 is 5.21. The molecule has 2 N–H and O–H groups in total. The van der Waals surface area contributed by atoms with Gasteiger partial charge in [0.25, 0.3) is 5.56 Å². The molecular formula is C17H24N4O2S. The summed E-state index contributed by atoms with van der Waals surface area (Å²) in [5.74, 6) is -0.202. The molecule has 0 saturated heterocycles. The number of aromatic nitrogens is 2. The van der Waals surface area contributed by atoms with Gasteiger partial charge >= 0.3 is 0 Å². The first-order valence-corrected chi connectivity index (χ1v) is 8.68. The van der Waals surface area contributed by atoms with Crippen molar-refractivity contribution in [2.45, 2.75) is 26.8 Å². The van der Waals surface area contributed by atoms with E-state index in [0.29, 0.717) is 17.4 Å². The van der Waals surface area contributed by atoms with Crippen LogP contribution in [0.2, 0.25) is 0 Å². The topological polar surface area (TPSA) is 70.1 Å². The minimum absolute atomic E-state index is 0.0652. The van der Waals surface area contributed by atoms with Gasteiger partial charge in [-0.25, -0.2) is 0 Å². The lowest BCUT2D eigenvalue weighted by molar-refractivity contribution is -0.121. The summed E-state index contributed by atoms with van der Waals surface area (Å²) in [7, 11) is 0. The minimum atomic E-state index is -0.243. The van der Waals surface area contributed by atoms with E-state index in [1.165, 1.54) is 4.57 Å². The van der Waals surface area contributed by atoms with Crippen molar-refractivity contribution in [2.24, 2.45) is 0 Å². The van der Waals surface area contributed by atoms with Gasteiger partial charge in [-0.2, -0.15) is 0 Å². The van der Waals surface area contributed by atoms with E-state index in [-0.39, 0.29) is 22.8 Å². The Morgan fingerprint density at radius 2 is 2.00 bits per heavy atom. The molecule has 0 unspecified atom stereocenters. The van der Waals surface area contributed by atoms with E-state index < -0.39 is 0 Å². The molecule has 130 valence electrons. The Morgan fingerprint density at radius 1 is 1.29 bits per heavy atom. The number of hydrogen-bond donors (Lipinski definition) is 2. The number of carbonyl (C=O) groups is 1. The van der Waals surface area contributed by atoms with Crippen LogP contribution in [0.3, 0.4) is 0 Å². The van der Waals surface area contributed by atoms with Crippen molar-refractivity contribution in [3.05, 3.63) is 39.4 Å². The first-order valence-electron chi connectivity index (χ1n) is 8.27. The molecule has 0 spiro atoms. The van der Waals surface area contributed by atoms with Crippen LogP contribution in [-0.4, -0.2) is 46.5 Å². The second-order valence-corrected chi connectivity index (χ2v) is 5.98. The maximum absolute atomic E-state index is 12.5. The van der Waals surface area contributed by atoms with E-state index in [1.54, 1.807) is 18.2 Å². The number of benzene rings is 1. The van der Waals surface area contributed by atoms with E-state index in [1.807, 2.05) is 6.07 Å². The van der Waals surface area contributed by atoms with Gasteiger partial charge in [-0.3, -0.25) is 14.2 Å². The van der Waals surface area contributed by atoms with Gasteiger partial charge in [0.1, 0.15) is 6.54 Å². The van der Waals surface area contributed by atoms with E-state index >= 15 is 0 Å². The summed E-state index contributed by atoms with van der Waals surface area (Å²) in [6.07, 6.45) is 0.882. The van der Waals surface area contributed by atoms with E-state index in [0.717, 1.165) is 26.1 Å². The van der Waals surface area contributed by atoms with Crippen molar-refractivity contribution in [2.75, 3.05) is 26.2 Å². The average molecular weight is 348 g/mol. The third-order valence-corrected chi connectivity index (χ3v) is 4.38. The van der Waals surface area contributed by atoms with Gasteiger partial charge in [0.2, 0.25) is 5.91 Å². The Hall–Kier alpha value is -1.99. The SMILES string of the molecule is CCN(CC)CCCNC(=O)Cn1c(=S)[nH]c2ccccc2c1=O. The Kier molecular flexibility index (Phi) is 6.69. The van der Waals surface area contributed by atoms with E-state index in [9.17, 15) is 9.59 Å². The largest absolute Gasteiger partial charge is 0.354 e. The Morgan fingerprint density at radius 3 is 2.71 bits per heavy atom. The van der Waals surface area contributed by atoms with Gasteiger partial charge < -0.3 is 15.2 Å². The van der Waals surface area contributed by atoms with Crippen LogP contribution < -0.4 is 10.9 Å². The number of fused-ring (bicyclic) bond motifs is 1. The molecule has 0 bridgehead atoms. The number of carbonyl (C=O) groups excluding carboxylic acids is 1. The Balaban J connectivity index is 1.98. The summed E-state index contributed by atoms with van der Waals surface area (Å²) in [6, 6.07) is 7.14. The highest BCUT2D eigenvalue weighted by Crippen LogP contribution is 2.05. The highest BCUT2D eigenvalue weighted by Gasteiger charge is 2.09. The Bertz CT molecular complexity index is 808. The van der Waals surface area contributed by atoms with Crippen LogP contribution in [0.15, 0.2) is 29.1 Å². The maximum Gasteiger partial charge on any atom is 0.262 e. The molecule has 6 nitrogen and oxygen atoms in total. The highest BCUT2D eigenvalue weighted by molar-refractivity contribution is 7.71. The lowest BCUT2D eigenvalue weighted by Gasteiger charge is -2.17. The number of nitrogens with one attached hydrogen (secondary N) is 2. The van der Waals surface area contributed by atoms with Gasteiger partial charge in [0, 0.05) is 6.54 Å². The fraction of sp³-hybridized carbons (Fsp3) is 0.471. The van der Waals surface area contributed by atoms with Crippen LogP contribution in [0.4, 0.5) is 0 Å². The van der Waals surface area contributed by atoms with Crippen LogP contribution in [0, 0.1) is 4.77 Å². The molecule has 1 heterocycles. The molecule has 0 radical (unpaired) electrons. The number of para-hydroxylation sites is 1. The van der Waals surface area contributed by atoms with Crippen molar-refractivity contribution < 1.29 is 4.79 Å². The maximum atomic E-state index is 12.5. The third kappa shape index (κ3) is 4.52. The molecule has 2 rings (SSSR count). The molecule has 0 saturated carbocycles. The van der Waals surface area contributed by atoms with E-state index in [2.05, 4.69) is 29.0 Å². The van der Waals surface area contributed by atoms with Crippen LogP contribution in [0.1, 0.15) is 20.3 Å². The number of rotatable bonds is 8. The predicted molar refractivity (Wildman–Crippen MR) is 98.8 cm³/mol. The van der Waals surface area contributed by atoms with Gasteiger partial charge in [-0.15, -0.1) is 0 Å². The van der Waals surface area contributed by atoms with E-state index in [4.69, 9.17) is 12.2 Å². The first kappa shape index (κ1) is 18.4. The van der Waals surface area contributed by atoms with Gasteiger partial charge in [-0.1, -0.05) is 26.0 Å². The molecule has 0 fully saturated rings. The molecule has 0 atom stereocenters. The summed E-state index contributed by atoms with van der Waals surface area (Å²) in [6.45, 7) is 7.73. The molecule has 2 aromatic rings. The molecule has 0 aliphatic heterocycles. The number of nitrogens with zero attached hydrogens (tertiary/aromatic N) is 2. The van der Waals surface area contributed by atoms with Crippen molar-refractivity contribution in [1.29, 1.82) is 0 Å². The third-order valence-electron chi connectivity index (χ3n) is 4.06. The number of amides is 1. The van der Waals surface area contributed by atoms with Crippen LogP contribution in [-0.2, 0) is 11.3 Å². The standard InChI is InChI=1S/C17H24N4O2S/c1-3-20(4-2)11-7-10-18-15(22)12-21-16(23)13-8-5-6-9-14(13)19-17(21)24/h5-6,8-9H,3-4,7,10-12H2,1-2H3,(H,18,22)(H,19,24). The molecule has 0 aliphatic rings. The van der Waals surface area contributed by atoms with Crippen LogP contribution >= 0.6 is 12.2 Å². The van der Waals surface area contributed by atoms with Gasteiger partial charge in [-0.05, 0) is 50.4 Å². The van der Waals surface area contributed by atoms with Gasteiger partial charge in [0.15, 0.2) is 4.77 Å². The fourth-order valence-corrected chi connectivity index (χ4v) is 2.87. The molecule has 1 amide bonds. The van der Waals surface area contributed by atoms with Crippen LogP contribution in [0.5, 0.6) is 0 Å². The predicted octanol–water partition coefficient (Wildman–Crippen LogP) is 1.91. The van der Waals surface area contributed by atoms with Crippen molar-refractivity contribution in [3.63, 3.8) is 0 Å². The zero-order chi connectivity index (χ0) is 17.5. The summed E-state index contributed by atoms with van der Waals surface area (Å²) in [5, 5.41) is 3.38. The monoisotopic (exact) mass is 348 g/mol. The number of aromatic amines is 1. The zero-order valence-corrected chi connectivity index (χ0v) is 15.0. The highest BCUT2D eigenvalue weighted by atomic mass is 32.1.